The van der Waals surface area contributed by atoms with Crippen molar-refractivity contribution in [3.63, 3.8) is 0 Å². The number of phenols is 1. The number of rotatable bonds is 2. The molecule has 0 saturated carbocycles. The molecule has 1 aromatic carbocycles. The fourth-order valence-electron chi connectivity index (χ4n) is 2.13. The molecule has 21 heavy (non-hydrogen) atoms. The van der Waals surface area contributed by atoms with E-state index in [0.29, 0.717) is 17.7 Å². The van der Waals surface area contributed by atoms with Crippen LogP contribution in [0.4, 0.5) is 5.69 Å². The van der Waals surface area contributed by atoms with Crippen LogP contribution in [0.1, 0.15) is 12.0 Å². The Hall–Kier alpha value is -2.09. The summed E-state index contributed by atoms with van der Waals surface area (Å²) in [5, 5.41) is 14.1. The summed E-state index contributed by atoms with van der Waals surface area (Å²) in [4.78, 5) is 23.5. The third-order valence-corrected chi connectivity index (χ3v) is 5.00. The van der Waals surface area contributed by atoms with Crippen LogP contribution in [0, 0.1) is 6.92 Å². The van der Waals surface area contributed by atoms with Crippen LogP contribution in [-0.2, 0) is 19.4 Å². The number of carbonyl (C=O) groups excluding carboxylic acids is 2. The Labute approximate surface area is 122 Å². The van der Waals surface area contributed by atoms with Gasteiger partial charge in [0.05, 0.1) is 11.5 Å². The lowest BCUT2D eigenvalue weighted by molar-refractivity contribution is -0.136. The van der Waals surface area contributed by atoms with Gasteiger partial charge in [-0.2, -0.15) is 0 Å². The van der Waals surface area contributed by atoms with Gasteiger partial charge in [-0.1, -0.05) is 0 Å². The van der Waals surface area contributed by atoms with Gasteiger partial charge in [0.25, 0.3) is 0 Å². The first-order valence-corrected chi connectivity index (χ1v) is 8.21. The Morgan fingerprint density at radius 2 is 2.00 bits per heavy atom. The molecular formula is C13H16N2O5S. The molecule has 0 bridgehead atoms. The minimum absolute atomic E-state index is 0.0244. The average Bonchev–Trinajstić information content (AvgIpc) is 2.72. The highest BCUT2D eigenvalue weighted by atomic mass is 32.2. The second-order valence-electron chi connectivity index (χ2n) is 5.03. The lowest BCUT2D eigenvalue weighted by Gasteiger charge is -2.12. The lowest BCUT2D eigenvalue weighted by Crippen LogP contribution is -2.42. The number of hydrogen-bond acceptors (Lipinski definition) is 5. The summed E-state index contributed by atoms with van der Waals surface area (Å²) in [6.07, 6.45) is 0.319. The number of amides is 2. The molecule has 2 amide bonds. The third-order valence-electron chi connectivity index (χ3n) is 3.23. The van der Waals surface area contributed by atoms with E-state index in [9.17, 15) is 23.1 Å². The molecule has 3 N–H and O–H groups in total. The van der Waals surface area contributed by atoms with Gasteiger partial charge in [0.1, 0.15) is 5.75 Å². The molecule has 114 valence electrons. The van der Waals surface area contributed by atoms with E-state index in [1.165, 1.54) is 18.2 Å². The minimum Gasteiger partial charge on any atom is -0.508 e. The molecule has 1 aliphatic rings. The Morgan fingerprint density at radius 1 is 1.29 bits per heavy atom. The zero-order valence-corrected chi connectivity index (χ0v) is 12.2. The summed E-state index contributed by atoms with van der Waals surface area (Å²) in [6, 6.07) is 3.81. The van der Waals surface area contributed by atoms with Crippen molar-refractivity contribution < 1.29 is 23.1 Å². The monoisotopic (exact) mass is 312 g/mol. The number of aryl methyl sites for hydroxylation is 1. The van der Waals surface area contributed by atoms with Crippen molar-refractivity contribution in [2.75, 3.05) is 16.8 Å². The molecule has 1 unspecified atom stereocenters. The fourth-order valence-corrected chi connectivity index (χ4v) is 3.80. The van der Waals surface area contributed by atoms with E-state index in [1.54, 1.807) is 6.92 Å². The summed E-state index contributed by atoms with van der Waals surface area (Å²) in [5.41, 5.74) is 1.02. The van der Waals surface area contributed by atoms with Crippen molar-refractivity contribution in [3.05, 3.63) is 23.8 Å². The van der Waals surface area contributed by atoms with Gasteiger partial charge in [0.15, 0.2) is 9.84 Å². The molecule has 8 heteroatoms. The summed E-state index contributed by atoms with van der Waals surface area (Å²) >= 11 is 0. The quantitative estimate of drug-likeness (QED) is 0.523. The van der Waals surface area contributed by atoms with Gasteiger partial charge >= 0.3 is 11.8 Å². The number of phenolic OH excluding ortho intramolecular Hbond substituents is 1. The van der Waals surface area contributed by atoms with Crippen LogP contribution in [0.2, 0.25) is 0 Å². The molecule has 0 aromatic heterocycles. The first kappa shape index (κ1) is 15.3. The molecule has 0 spiro atoms. The smallest absolute Gasteiger partial charge is 0.313 e. The van der Waals surface area contributed by atoms with Crippen molar-refractivity contribution in [2.24, 2.45) is 0 Å². The van der Waals surface area contributed by atoms with Crippen LogP contribution in [0.15, 0.2) is 18.2 Å². The number of nitrogens with one attached hydrogen (secondary N) is 2. The van der Waals surface area contributed by atoms with Crippen LogP contribution in [0.5, 0.6) is 5.75 Å². The van der Waals surface area contributed by atoms with Gasteiger partial charge < -0.3 is 15.7 Å². The highest BCUT2D eigenvalue weighted by molar-refractivity contribution is 7.91. The van der Waals surface area contributed by atoms with Crippen LogP contribution in [0.3, 0.4) is 0 Å². The lowest BCUT2D eigenvalue weighted by atomic mass is 10.2. The molecule has 1 fully saturated rings. The maximum Gasteiger partial charge on any atom is 0.313 e. The summed E-state index contributed by atoms with van der Waals surface area (Å²) in [5.74, 6) is -1.79. The number of sulfone groups is 1. The Bertz CT molecular complexity index is 684. The molecule has 0 radical (unpaired) electrons. The van der Waals surface area contributed by atoms with Gasteiger partial charge in [-0.25, -0.2) is 8.42 Å². The van der Waals surface area contributed by atoms with E-state index in [0.717, 1.165) is 0 Å². The summed E-state index contributed by atoms with van der Waals surface area (Å²) < 4.78 is 22.6. The van der Waals surface area contributed by atoms with Gasteiger partial charge in [0, 0.05) is 11.7 Å². The van der Waals surface area contributed by atoms with E-state index in [2.05, 4.69) is 10.6 Å². The Kier molecular flexibility index (Phi) is 4.17. The number of carbonyl (C=O) groups is 2. The molecule has 1 saturated heterocycles. The van der Waals surface area contributed by atoms with E-state index in [4.69, 9.17) is 0 Å². The average molecular weight is 312 g/mol. The first-order chi connectivity index (χ1) is 9.77. The minimum atomic E-state index is -3.11. The molecule has 0 aliphatic carbocycles. The topological polar surface area (TPSA) is 113 Å². The van der Waals surface area contributed by atoms with Crippen molar-refractivity contribution in [3.8, 4) is 5.75 Å². The van der Waals surface area contributed by atoms with Crippen molar-refractivity contribution in [1.82, 2.24) is 5.32 Å². The van der Waals surface area contributed by atoms with Crippen LogP contribution in [-0.4, -0.2) is 42.9 Å². The van der Waals surface area contributed by atoms with Crippen LogP contribution < -0.4 is 10.6 Å². The molecule has 1 aliphatic heterocycles. The predicted octanol–water partition coefficient (Wildman–Crippen LogP) is -0.0576. The predicted molar refractivity (Wildman–Crippen MR) is 76.7 cm³/mol. The second-order valence-corrected chi connectivity index (χ2v) is 7.26. The number of anilines is 1. The number of aromatic hydroxyl groups is 1. The fraction of sp³-hybridized carbons (Fsp3) is 0.385. The van der Waals surface area contributed by atoms with Gasteiger partial charge in [-0.05, 0) is 37.1 Å². The van der Waals surface area contributed by atoms with Crippen LogP contribution in [0.25, 0.3) is 0 Å². The highest BCUT2D eigenvalue weighted by Crippen LogP contribution is 2.20. The number of hydrogen-bond donors (Lipinski definition) is 3. The van der Waals surface area contributed by atoms with Crippen LogP contribution >= 0.6 is 0 Å². The van der Waals surface area contributed by atoms with Crippen molar-refractivity contribution in [2.45, 2.75) is 19.4 Å². The standard InChI is InChI=1S/C13H16N2O5S/c1-8-6-10(16)2-3-11(8)15-13(18)12(17)14-9-4-5-21(19,20)7-9/h2-3,6,9,16H,4-5,7H2,1H3,(H,14,17)(H,15,18). The molecule has 1 atom stereocenters. The molecule has 1 heterocycles. The van der Waals surface area contributed by atoms with Gasteiger partial charge in [0.2, 0.25) is 0 Å². The van der Waals surface area contributed by atoms with Gasteiger partial charge in [-0.15, -0.1) is 0 Å². The summed E-state index contributed by atoms with van der Waals surface area (Å²) in [6.45, 7) is 1.68. The molecule has 7 nitrogen and oxygen atoms in total. The zero-order chi connectivity index (χ0) is 15.6. The third kappa shape index (κ3) is 3.94. The maximum absolute atomic E-state index is 11.8. The second kappa shape index (κ2) is 5.72. The SMILES string of the molecule is Cc1cc(O)ccc1NC(=O)C(=O)NC1CCS(=O)(=O)C1. The summed E-state index contributed by atoms with van der Waals surface area (Å²) in [7, 11) is -3.11. The van der Waals surface area contributed by atoms with E-state index >= 15 is 0 Å². The molecule has 1 aromatic rings. The highest BCUT2D eigenvalue weighted by Gasteiger charge is 2.30. The Balaban J connectivity index is 1.95. The van der Waals surface area contributed by atoms with Crippen molar-refractivity contribution in [1.29, 1.82) is 0 Å². The van der Waals surface area contributed by atoms with Crippen molar-refractivity contribution >= 4 is 27.3 Å². The van der Waals surface area contributed by atoms with E-state index in [-0.39, 0.29) is 17.3 Å². The normalized spacial score (nSPS) is 20.0. The van der Waals surface area contributed by atoms with Gasteiger partial charge in [-0.3, -0.25) is 9.59 Å². The molecular weight excluding hydrogens is 296 g/mol. The zero-order valence-electron chi connectivity index (χ0n) is 11.4. The first-order valence-electron chi connectivity index (χ1n) is 6.39. The Morgan fingerprint density at radius 3 is 2.57 bits per heavy atom. The van der Waals surface area contributed by atoms with E-state index < -0.39 is 27.7 Å². The maximum atomic E-state index is 11.8. The molecule has 2 rings (SSSR count). The number of benzene rings is 1. The van der Waals surface area contributed by atoms with E-state index in [1.807, 2.05) is 0 Å². The largest absolute Gasteiger partial charge is 0.508 e.